The summed E-state index contributed by atoms with van der Waals surface area (Å²) in [5, 5.41) is 0.320. The topological polar surface area (TPSA) is 26.3 Å². The average Bonchev–Trinajstić information content (AvgIpc) is 2.37. The summed E-state index contributed by atoms with van der Waals surface area (Å²) in [6, 6.07) is 7.82. The van der Waals surface area contributed by atoms with Gasteiger partial charge >= 0.3 is 0 Å². The molecule has 0 N–H and O–H groups in total. The van der Waals surface area contributed by atoms with Gasteiger partial charge in [-0.05, 0) is 12.1 Å². The standard InChI is InChI=1S/C14H9ClF2O2/c1-19-10-6-11(16)13(12(17)7-10)14(18)8-3-2-4-9(15)5-8/h2-7H,1H3. The first-order valence-corrected chi connectivity index (χ1v) is 5.74. The molecule has 0 saturated heterocycles. The maximum atomic E-state index is 13.8. The molecule has 0 saturated carbocycles. The molecule has 5 heteroatoms. The Bertz CT molecular complexity index is 618. The SMILES string of the molecule is COc1cc(F)c(C(=O)c2cccc(Cl)c2)c(F)c1. The largest absolute Gasteiger partial charge is 0.497 e. The summed E-state index contributed by atoms with van der Waals surface area (Å²) < 4.78 is 32.2. The van der Waals surface area contributed by atoms with Gasteiger partial charge < -0.3 is 4.74 Å². The lowest BCUT2D eigenvalue weighted by atomic mass is 10.0. The van der Waals surface area contributed by atoms with Crippen LogP contribution >= 0.6 is 11.6 Å². The molecule has 0 bridgehead atoms. The summed E-state index contributed by atoms with van der Waals surface area (Å²) >= 11 is 5.74. The number of hydrogen-bond donors (Lipinski definition) is 0. The minimum atomic E-state index is -0.971. The molecule has 0 aliphatic heterocycles. The molecule has 0 atom stereocenters. The molecule has 19 heavy (non-hydrogen) atoms. The molecular formula is C14H9ClF2O2. The van der Waals surface area contributed by atoms with E-state index in [9.17, 15) is 13.6 Å². The predicted octanol–water partition coefficient (Wildman–Crippen LogP) is 3.86. The Hall–Kier alpha value is -1.94. The Morgan fingerprint density at radius 1 is 1.16 bits per heavy atom. The van der Waals surface area contributed by atoms with Crippen molar-refractivity contribution in [3.63, 3.8) is 0 Å². The number of ketones is 1. The van der Waals surface area contributed by atoms with E-state index in [-0.39, 0.29) is 11.3 Å². The van der Waals surface area contributed by atoms with Crippen molar-refractivity contribution in [1.29, 1.82) is 0 Å². The monoisotopic (exact) mass is 282 g/mol. The Balaban J connectivity index is 2.50. The van der Waals surface area contributed by atoms with Crippen LogP contribution < -0.4 is 4.74 Å². The Morgan fingerprint density at radius 3 is 2.32 bits per heavy atom. The molecule has 0 aromatic heterocycles. The number of carbonyl (C=O) groups excluding carboxylic acids is 1. The van der Waals surface area contributed by atoms with Gasteiger partial charge in [0.25, 0.3) is 0 Å². The zero-order valence-electron chi connectivity index (χ0n) is 9.91. The number of ether oxygens (including phenoxy) is 1. The second-order valence-electron chi connectivity index (χ2n) is 3.81. The first kappa shape index (κ1) is 13.5. The fourth-order valence-corrected chi connectivity index (χ4v) is 1.85. The first-order valence-electron chi connectivity index (χ1n) is 5.36. The van der Waals surface area contributed by atoms with Crippen LogP contribution in [0.1, 0.15) is 15.9 Å². The summed E-state index contributed by atoms with van der Waals surface area (Å²) in [4.78, 5) is 12.1. The highest BCUT2D eigenvalue weighted by molar-refractivity contribution is 6.31. The van der Waals surface area contributed by atoms with Crippen LogP contribution in [-0.2, 0) is 0 Å². The highest BCUT2D eigenvalue weighted by Crippen LogP contribution is 2.23. The maximum absolute atomic E-state index is 13.8. The van der Waals surface area contributed by atoms with E-state index >= 15 is 0 Å². The van der Waals surface area contributed by atoms with E-state index in [1.54, 1.807) is 6.07 Å². The van der Waals surface area contributed by atoms with Crippen LogP contribution in [0.15, 0.2) is 36.4 Å². The van der Waals surface area contributed by atoms with Gasteiger partial charge in [-0.1, -0.05) is 23.7 Å². The second kappa shape index (κ2) is 5.36. The molecule has 0 aliphatic carbocycles. The Morgan fingerprint density at radius 2 is 1.79 bits per heavy atom. The molecule has 2 aromatic carbocycles. The van der Waals surface area contributed by atoms with Crippen molar-refractivity contribution in [1.82, 2.24) is 0 Å². The lowest BCUT2D eigenvalue weighted by Crippen LogP contribution is -2.08. The smallest absolute Gasteiger partial charge is 0.198 e. The van der Waals surface area contributed by atoms with Crippen LogP contribution in [0.5, 0.6) is 5.75 Å². The Kier molecular flexibility index (Phi) is 3.81. The minimum Gasteiger partial charge on any atom is -0.497 e. The molecule has 2 aromatic rings. The van der Waals surface area contributed by atoms with Crippen LogP contribution in [0.3, 0.4) is 0 Å². The quantitative estimate of drug-likeness (QED) is 0.799. The van der Waals surface area contributed by atoms with Crippen LogP contribution in [0.4, 0.5) is 8.78 Å². The van der Waals surface area contributed by atoms with Crippen molar-refractivity contribution in [2.75, 3.05) is 7.11 Å². The van der Waals surface area contributed by atoms with Crippen LogP contribution in [0, 0.1) is 11.6 Å². The highest BCUT2D eigenvalue weighted by atomic mass is 35.5. The van der Waals surface area contributed by atoms with Gasteiger partial charge in [0.1, 0.15) is 17.4 Å². The van der Waals surface area contributed by atoms with E-state index in [4.69, 9.17) is 16.3 Å². The minimum absolute atomic E-state index is 0.0117. The van der Waals surface area contributed by atoms with E-state index in [2.05, 4.69) is 0 Å². The van der Waals surface area contributed by atoms with Crippen molar-refractivity contribution < 1.29 is 18.3 Å². The number of methoxy groups -OCH3 is 1. The maximum Gasteiger partial charge on any atom is 0.198 e. The number of rotatable bonds is 3. The van der Waals surface area contributed by atoms with E-state index in [1.165, 1.54) is 25.3 Å². The molecule has 2 nitrogen and oxygen atoms in total. The lowest BCUT2D eigenvalue weighted by molar-refractivity contribution is 0.103. The summed E-state index contributed by atoms with van der Waals surface area (Å²) in [6.07, 6.45) is 0. The molecule has 98 valence electrons. The lowest BCUT2D eigenvalue weighted by Gasteiger charge is -2.07. The molecule has 0 radical (unpaired) electrons. The summed E-state index contributed by atoms with van der Waals surface area (Å²) in [6.45, 7) is 0. The average molecular weight is 283 g/mol. The molecule has 0 unspecified atom stereocenters. The molecule has 0 fully saturated rings. The van der Waals surface area contributed by atoms with E-state index in [1.807, 2.05) is 0 Å². The van der Waals surface area contributed by atoms with Crippen molar-refractivity contribution in [2.24, 2.45) is 0 Å². The number of benzene rings is 2. The number of hydrogen-bond acceptors (Lipinski definition) is 2. The van der Waals surface area contributed by atoms with Crippen molar-refractivity contribution >= 4 is 17.4 Å². The molecule has 0 aliphatic rings. The third-order valence-corrected chi connectivity index (χ3v) is 2.80. The fourth-order valence-electron chi connectivity index (χ4n) is 1.66. The second-order valence-corrected chi connectivity index (χ2v) is 4.24. The zero-order chi connectivity index (χ0) is 14.0. The van der Waals surface area contributed by atoms with Crippen LogP contribution in [0.2, 0.25) is 5.02 Å². The molecule has 0 heterocycles. The van der Waals surface area contributed by atoms with E-state index < -0.39 is 23.0 Å². The van der Waals surface area contributed by atoms with Gasteiger partial charge in [-0.15, -0.1) is 0 Å². The van der Waals surface area contributed by atoms with Gasteiger partial charge in [0, 0.05) is 22.7 Å². The number of carbonyl (C=O) groups is 1. The third kappa shape index (κ3) is 2.74. The number of halogens is 3. The van der Waals surface area contributed by atoms with Gasteiger partial charge in [-0.2, -0.15) is 0 Å². The Labute approximate surface area is 113 Å². The normalized spacial score (nSPS) is 10.3. The highest BCUT2D eigenvalue weighted by Gasteiger charge is 2.20. The van der Waals surface area contributed by atoms with Crippen molar-refractivity contribution in [2.45, 2.75) is 0 Å². The van der Waals surface area contributed by atoms with Crippen molar-refractivity contribution in [3.8, 4) is 5.75 Å². The van der Waals surface area contributed by atoms with Gasteiger partial charge in [-0.25, -0.2) is 8.78 Å². The third-order valence-electron chi connectivity index (χ3n) is 2.57. The molecular weight excluding hydrogens is 274 g/mol. The summed E-state index contributed by atoms with van der Waals surface area (Å²) in [5.74, 6) is -2.69. The van der Waals surface area contributed by atoms with Crippen LogP contribution in [0.25, 0.3) is 0 Å². The summed E-state index contributed by atoms with van der Waals surface area (Å²) in [5.41, 5.74) is -0.501. The molecule has 0 spiro atoms. The zero-order valence-corrected chi connectivity index (χ0v) is 10.7. The van der Waals surface area contributed by atoms with E-state index in [0.717, 1.165) is 12.1 Å². The molecule has 0 amide bonds. The van der Waals surface area contributed by atoms with E-state index in [0.29, 0.717) is 5.02 Å². The van der Waals surface area contributed by atoms with Crippen molar-refractivity contribution in [3.05, 3.63) is 64.2 Å². The van der Waals surface area contributed by atoms with Gasteiger partial charge in [0.15, 0.2) is 5.78 Å². The van der Waals surface area contributed by atoms with Gasteiger partial charge in [0.2, 0.25) is 0 Å². The predicted molar refractivity (Wildman–Crippen MR) is 67.8 cm³/mol. The fraction of sp³-hybridized carbons (Fsp3) is 0.0714. The van der Waals surface area contributed by atoms with Gasteiger partial charge in [0.05, 0.1) is 12.7 Å². The van der Waals surface area contributed by atoms with Crippen LogP contribution in [-0.4, -0.2) is 12.9 Å². The summed E-state index contributed by atoms with van der Waals surface area (Å²) in [7, 11) is 1.28. The molecule has 2 rings (SSSR count). The first-order chi connectivity index (χ1) is 9.02. The van der Waals surface area contributed by atoms with Gasteiger partial charge in [-0.3, -0.25) is 4.79 Å².